The molecule has 2 atom stereocenters. The highest BCUT2D eigenvalue weighted by Crippen LogP contribution is 2.54. The SMILES string of the molecule is CCC=CCC1(C)CC1C. The van der Waals surface area contributed by atoms with Crippen molar-refractivity contribution in [2.75, 3.05) is 0 Å². The Kier molecular flexibility index (Phi) is 2.18. The van der Waals surface area contributed by atoms with Crippen molar-refractivity contribution in [3.8, 4) is 0 Å². The van der Waals surface area contributed by atoms with Gasteiger partial charge in [-0.15, -0.1) is 0 Å². The van der Waals surface area contributed by atoms with Gasteiger partial charge >= 0.3 is 0 Å². The average Bonchev–Trinajstić information content (AvgIpc) is 2.42. The second kappa shape index (κ2) is 2.77. The third-order valence-corrected chi connectivity index (χ3v) is 2.79. The summed E-state index contributed by atoms with van der Waals surface area (Å²) in [5.41, 5.74) is 0.672. The van der Waals surface area contributed by atoms with E-state index < -0.39 is 0 Å². The highest BCUT2D eigenvalue weighted by molar-refractivity contribution is 5.01. The van der Waals surface area contributed by atoms with E-state index in [0.29, 0.717) is 5.41 Å². The molecule has 1 aliphatic carbocycles. The largest absolute Gasteiger partial charge is 0.0888 e. The summed E-state index contributed by atoms with van der Waals surface area (Å²) in [5, 5.41) is 0. The second-order valence-corrected chi connectivity index (χ2v) is 3.84. The number of rotatable bonds is 3. The van der Waals surface area contributed by atoms with Gasteiger partial charge in [-0.2, -0.15) is 0 Å². The Hall–Kier alpha value is -0.260. The normalized spacial score (nSPS) is 38.9. The third-order valence-electron chi connectivity index (χ3n) is 2.79. The van der Waals surface area contributed by atoms with E-state index in [2.05, 4.69) is 32.9 Å². The molecule has 0 aromatic heterocycles. The van der Waals surface area contributed by atoms with Crippen LogP contribution < -0.4 is 0 Å². The highest BCUT2D eigenvalue weighted by Gasteiger charge is 2.44. The topological polar surface area (TPSA) is 0 Å². The fourth-order valence-electron chi connectivity index (χ4n) is 1.44. The first kappa shape index (κ1) is 7.84. The van der Waals surface area contributed by atoms with Crippen molar-refractivity contribution < 1.29 is 0 Å². The minimum Gasteiger partial charge on any atom is -0.0888 e. The van der Waals surface area contributed by atoms with Gasteiger partial charge in [-0.3, -0.25) is 0 Å². The smallest absolute Gasteiger partial charge is 0.0263 e. The zero-order valence-electron chi connectivity index (χ0n) is 7.35. The van der Waals surface area contributed by atoms with Gasteiger partial charge < -0.3 is 0 Å². The molecule has 0 radical (unpaired) electrons. The Bertz CT molecular complexity index is 135. The Morgan fingerprint density at radius 3 is 2.50 bits per heavy atom. The first-order valence-electron chi connectivity index (χ1n) is 4.34. The molecule has 0 amide bonds. The molecular formula is C10H18. The fourth-order valence-corrected chi connectivity index (χ4v) is 1.44. The van der Waals surface area contributed by atoms with Crippen LogP contribution in [-0.4, -0.2) is 0 Å². The molecular weight excluding hydrogens is 120 g/mol. The van der Waals surface area contributed by atoms with Crippen LogP contribution in [0.25, 0.3) is 0 Å². The van der Waals surface area contributed by atoms with Gasteiger partial charge in [0.25, 0.3) is 0 Å². The standard InChI is InChI=1S/C10H18/c1-4-5-6-7-10(3)8-9(10)2/h5-6,9H,4,7-8H2,1-3H3. The van der Waals surface area contributed by atoms with Crippen molar-refractivity contribution in [1.82, 2.24) is 0 Å². The molecule has 0 heterocycles. The molecule has 0 spiro atoms. The van der Waals surface area contributed by atoms with Crippen molar-refractivity contribution in [1.29, 1.82) is 0 Å². The Morgan fingerprint density at radius 1 is 1.50 bits per heavy atom. The van der Waals surface area contributed by atoms with Gasteiger partial charge in [-0.25, -0.2) is 0 Å². The van der Waals surface area contributed by atoms with E-state index in [4.69, 9.17) is 0 Å². The maximum absolute atomic E-state index is 2.39. The van der Waals surface area contributed by atoms with Crippen LogP contribution in [0.1, 0.15) is 40.0 Å². The molecule has 10 heavy (non-hydrogen) atoms. The van der Waals surface area contributed by atoms with Crippen LogP contribution in [-0.2, 0) is 0 Å². The summed E-state index contributed by atoms with van der Waals surface area (Å²) in [6, 6.07) is 0. The summed E-state index contributed by atoms with van der Waals surface area (Å²) < 4.78 is 0. The molecule has 1 rings (SSSR count). The lowest BCUT2D eigenvalue weighted by atomic mass is 10.0. The zero-order valence-corrected chi connectivity index (χ0v) is 7.35. The average molecular weight is 138 g/mol. The summed E-state index contributed by atoms with van der Waals surface area (Å²) in [6.45, 7) is 6.92. The summed E-state index contributed by atoms with van der Waals surface area (Å²) in [6.07, 6.45) is 8.52. The van der Waals surface area contributed by atoms with E-state index >= 15 is 0 Å². The molecule has 0 N–H and O–H groups in total. The predicted octanol–water partition coefficient (Wildman–Crippen LogP) is 3.39. The Morgan fingerprint density at radius 2 is 2.10 bits per heavy atom. The van der Waals surface area contributed by atoms with Gasteiger partial charge in [0.15, 0.2) is 0 Å². The van der Waals surface area contributed by atoms with Crippen LogP contribution in [0.2, 0.25) is 0 Å². The van der Waals surface area contributed by atoms with Gasteiger partial charge in [-0.1, -0.05) is 32.9 Å². The van der Waals surface area contributed by atoms with E-state index in [-0.39, 0.29) is 0 Å². The van der Waals surface area contributed by atoms with Crippen LogP contribution in [0.5, 0.6) is 0 Å². The number of hydrogen-bond acceptors (Lipinski definition) is 0. The second-order valence-electron chi connectivity index (χ2n) is 3.84. The molecule has 0 aliphatic heterocycles. The van der Waals surface area contributed by atoms with Gasteiger partial charge in [0, 0.05) is 0 Å². The summed E-state index contributed by atoms with van der Waals surface area (Å²) in [5.74, 6) is 0.967. The maximum atomic E-state index is 2.39. The van der Waals surface area contributed by atoms with Gasteiger partial charge in [0.05, 0.1) is 0 Å². The van der Waals surface area contributed by atoms with Crippen LogP contribution in [0.3, 0.4) is 0 Å². The number of hydrogen-bond donors (Lipinski definition) is 0. The molecule has 58 valence electrons. The molecule has 0 heteroatoms. The minimum atomic E-state index is 0.672. The van der Waals surface area contributed by atoms with Crippen LogP contribution in [0.15, 0.2) is 12.2 Å². The van der Waals surface area contributed by atoms with Gasteiger partial charge in [0.1, 0.15) is 0 Å². The lowest BCUT2D eigenvalue weighted by molar-refractivity contribution is 0.529. The molecule has 1 fully saturated rings. The molecule has 0 aromatic rings. The van der Waals surface area contributed by atoms with Crippen LogP contribution >= 0.6 is 0 Å². The Labute approximate surface area is 64.3 Å². The lowest BCUT2D eigenvalue weighted by Crippen LogP contribution is -1.92. The Balaban J connectivity index is 2.20. The van der Waals surface area contributed by atoms with Crippen molar-refractivity contribution in [2.24, 2.45) is 11.3 Å². The molecule has 0 aromatic carbocycles. The predicted molar refractivity (Wildman–Crippen MR) is 45.9 cm³/mol. The zero-order chi connectivity index (χ0) is 7.61. The van der Waals surface area contributed by atoms with Crippen molar-refractivity contribution in [3.05, 3.63) is 12.2 Å². The van der Waals surface area contributed by atoms with E-state index in [0.717, 1.165) is 5.92 Å². The quantitative estimate of drug-likeness (QED) is 0.524. The van der Waals surface area contributed by atoms with E-state index in [1.807, 2.05) is 0 Å². The summed E-state index contributed by atoms with van der Waals surface area (Å²) in [7, 11) is 0. The molecule has 0 nitrogen and oxygen atoms in total. The maximum Gasteiger partial charge on any atom is -0.0263 e. The fraction of sp³-hybridized carbons (Fsp3) is 0.800. The monoisotopic (exact) mass is 138 g/mol. The van der Waals surface area contributed by atoms with Crippen LogP contribution in [0.4, 0.5) is 0 Å². The molecule has 1 aliphatic rings. The summed E-state index contributed by atoms with van der Waals surface area (Å²) >= 11 is 0. The van der Waals surface area contributed by atoms with Crippen molar-refractivity contribution >= 4 is 0 Å². The lowest BCUT2D eigenvalue weighted by Gasteiger charge is -2.03. The van der Waals surface area contributed by atoms with Crippen molar-refractivity contribution in [2.45, 2.75) is 40.0 Å². The molecule has 2 unspecified atom stereocenters. The summed E-state index contributed by atoms with van der Waals surface area (Å²) in [4.78, 5) is 0. The van der Waals surface area contributed by atoms with Gasteiger partial charge in [-0.05, 0) is 30.6 Å². The van der Waals surface area contributed by atoms with E-state index in [9.17, 15) is 0 Å². The molecule has 0 saturated heterocycles. The molecule has 1 saturated carbocycles. The van der Waals surface area contributed by atoms with Crippen molar-refractivity contribution in [3.63, 3.8) is 0 Å². The molecule has 0 bridgehead atoms. The minimum absolute atomic E-state index is 0.672. The highest BCUT2D eigenvalue weighted by atomic mass is 14.5. The van der Waals surface area contributed by atoms with E-state index in [1.54, 1.807) is 0 Å². The van der Waals surface area contributed by atoms with Crippen LogP contribution in [0, 0.1) is 11.3 Å². The third kappa shape index (κ3) is 1.62. The number of allylic oxidation sites excluding steroid dienone is 2. The first-order chi connectivity index (χ1) is 4.69. The first-order valence-corrected chi connectivity index (χ1v) is 4.34. The van der Waals surface area contributed by atoms with E-state index in [1.165, 1.54) is 19.3 Å². The van der Waals surface area contributed by atoms with Gasteiger partial charge in [0.2, 0.25) is 0 Å².